The van der Waals surface area contributed by atoms with E-state index in [1.54, 1.807) is 6.07 Å². The third-order valence-electron chi connectivity index (χ3n) is 4.29. The smallest absolute Gasteiger partial charge is 0.258 e. The zero-order valence-corrected chi connectivity index (χ0v) is 13.8. The van der Waals surface area contributed by atoms with Crippen molar-refractivity contribution in [1.29, 1.82) is 0 Å². The minimum absolute atomic E-state index is 0. The van der Waals surface area contributed by atoms with Crippen LogP contribution in [0.25, 0.3) is 11.1 Å². The van der Waals surface area contributed by atoms with Gasteiger partial charge in [-0.15, -0.1) is 12.4 Å². The van der Waals surface area contributed by atoms with E-state index in [0.717, 1.165) is 18.5 Å². The summed E-state index contributed by atoms with van der Waals surface area (Å²) >= 11 is 0. The summed E-state index contributed by atoms with van der Waals surface area (Å²) in [6, 6.07) is 1.77. The van der Waals surface area contributed by atoms with Gasteiger partial charge in [-0.25, -0.2) is 4.98 Å². The molecule has 2 aromatic heterocycles. The van der Waals surface area contributed by atoms with Gasteiger partial charge in [-0.1, -0.05) is 5.16 Å². The van der Waals surface area contributed by atoms with Crippen LogP contribution in [0.2, 0.25) is 0 Å². The summed E-state index contributed by atoms with van der Waals surface area (Å²) < 4.78 is 5.17. The Kier molecular flexibility index (Phi) is 4.44. The average molecular weight is 325 g/mol. The Morgan fingerprint density at radius 1 is 1.50 bits per heavy atom. The number of hydrogen-bond donors (Lipinski definition) is 2. The minimum Gasteiger partial charge on any atom is -0.345 e. The van der Waals surface area contributed by atoms with E-state index in [9.17, 15) is 4.79 Å². The molecule has 1 aliphatic carbocycles. The highest BCUT2D eigenvalue weighted by Crippen LogP contribution is 2.39. The van der Waals surface area contributed by atoms with Gasteiger partial charge in [0.1, 0.15) is 0 Å². The van der Waals surface area contributed by atoms with Crippen LogP contribution in [0.1, 0.15) is 41.5 Å². The number of carbonyl (C=O) groups is 1. The molecule has 22 heavy (non-hydrogen) atoms. The molecule has 1 amide bonds. The van der Waals surface area contributed by atoms with Gasteiger partial charge in [0, 0.05) is 12.2 Å². The molecule has 2 heterocycles. The largest absolute Gasteiger partial charge is 0.345 e. The molecule has 1 unspecified atom stereocenters. The Hall–Kier alpha value is -1.66. The Balaban J connectivity index is 0.00000176. The number of nitrogens with two attached hydrogens (primary N) is 1. The van der Waals surface area contributed by atoms with Crippen LogP contribution in [-0.4, -0.2) is 28.1 Å². The lowest BCUT2D eigenvalue weighted by Gasteiger charge is -2.29. The highest BCUT2D eigenvalue weighted by atomic mass is 35.5. The molecule has 3 rings (SSSR count). The molecule has 0 saturated heterocycles. The van der Waals surface area contributed by atoms with Crippen molar-refractivity contribution in [3.8, 4) is 0 Å². The van der Waals surface area contributed by atoms with Gasteiger partial charge in [0.2, 0.25) is 0 Å². The van der Waals surface area contributed by atoms with E-state index in [0.29, 0.717) is 34.8 Å². The fourth-order valence-corrected chi connectivity index (χ4v) is 2.76. The molecule has 3 N–H and O–H groups in total. The summed E-state index contributed by atoms with van der Waals surface area (Å²) in [6.45, 7) is 6.08. The molecule has 1 aliphatic rings. The maximum atomic E-state index is 12.7. The molecule has 2 aromatic rings. The van der Waals surface area contributed by atoms with Crippen molar-refractivity contribution in [2.45, 2.75) is 39.2 Å². The van der Waals surface area contributed by atoms with Crippen LogP contribution in [0.15, 0.2) is 10.6 Å². The van der Waals surface area contributed by atoms with Gasteiger partial charge >= 0.3 is 0 Å². The molecule has 0 bridgehead atoms. The fraction of sp³-hybridized carbons (Fsp3) is 0.533. The molecule has 1 fully saturated rings. The Labute approximate surface area is 135 Å². The predicted molar refractivity (Wildman–Crippen MR) is 86.2 cm³/mol. The van der Waals surface area contributed by atoms with E-state index in [1.807, 2.05) is 20.8 Å². The summed E-state index contributed by atoms with van der Waals surface area (Å²) in [6.07, 6.45) is 2.23. The van der Waals surface area contributed by atoms with E-state index in [-0.39, 0.29) is 23.9 Å². The normalized spacial score (nSPS) is 16.9. The minimum atomic E-state index is -0.356. The van der Waals surface area contributed by atoms with E-state index in [2.05, 4.69) is 15.5 Å². The second-order valence-electron chi connectivity index (χ2n) is 6.11. The molecule has 0 spiro atoms. The number of nitrogens with one attached hydrogen (secondary N) is 1. The Bertz CT molecular complexity index is 711. The van der Waals surface area contributed by atoms with Crippen LogP contribution in [-0.2, 0) is 0 Å². The summed E-state index contributed by atoms with van der Waals surface area (Å²) in [7, 11) is 0. The summed E-state index contributed by atoms with van der Waals surface area (Å²) in [5.41, 5.74) is 7.86. The van der Waals surface area contributed by atoms with Gasteiger partial charge in [-0.05, 0) is 45.6 Å². The van der Waals surface area contributed by atoms with Crippen molar-refractivity contribution < 1.29 is 9.32 Å². The topological polar surface area (TPSA) is 94.0 Å². The first kappa shape index (κ1) is 16.7. The van der Waals surface area contributed by atoms with Crippen LogP contribution in [0, 0.1) is 19.8 Å². The van der Waals surface area contributed by atoms with Crippen LogP contribution >= 0.6 is 12.4 Å². The number of carbonyl (C=O) groups excluding carboxylic acids is 1. The van der Waals surface area contributed by atoms with Gasteiger partial charge in [-0.3, -0.25) is 4.79 Å². The summed E-state index contributed by atoms with van der Waals surface area (Å²) in [4.78, 5) is 17.0. The molecule has 6 nitrogen and oxygen atoms in total. The fourth-order valence-electron chi connectivity index (χ4n) is 2.76. The number of hydrogen-bond acceptors (Lipinski definition) is 5. The van der Waals surface area contributed by atoms with E-state index in [1.165, 1.54) is 0 Å². The number of aromatic nitrogens is 2. The van der Waals surface area contributed by atoms with Crippen molar-refractivity contribution in [2.75, 3.05) is 6.54 Å². The molecular weight excluding hydrogens is 304 g/mol. The van der Waals surface area contributed by atoms with Gasteiger partial charge in [0.05, 0.1) is 22.2 Å². The van der Waals surface area contributed by atoms with Crippen LogP contribution < -0.4 is 11.1 Å². The molecular formula is C15H21ClN4O2. The maximum absolute atomic E-state index is 12.7. The Morgan fingerprint density at radius 3 is 2.77 bits per heavy atom. The van der Waals surface area contributed by atoms with Crippen molar-refractivity contribution in [1.82, 2.24) is 15.5 Å². The summed E-state index contributed by atoms with van der Waals surface area (Å²) in [5, 5.41) is 7.67. The second kappa shape index (κ2) is 5.85. The van der Waals surface area contributed by atoms with Crippen LogP contribution in [0.4, 0.5) is 0 Å². The number of nitrogens with zero attached hydrogens (tertiary/aromatic N) is 2. The zero-order chi connectivity index (χ0) is 15.2. The SMILES string of the molecule is Cc1cc(C(=O)NC(C)(CN)C2CC2)c2c(C)noc2n1.Cl. The molecule has 1 saturated carbocycles. The lowest BCUT2D eigenvalue weighted by molar-refractivity contribution is 0.0899. The highest BCUT2D eigenvalue weighted by Gasteiger charge is 2.42. The standard InChI is InChI=1S/C15H20N4O2.ClH/c1-8-6-11(12-9(2)19-21-14(12)17-8)13(20)18-15(3,7-16)10-4-5-10;/h6,10H,4-5,7,16H2,1-3H3,(H,18,20);1H. The molecule has 120 valence electrons. The number of pyridine rings is 1. The van der Waals surface area contributed by atoms with Crippen LogP contribution in [0.3, 0.4) is 0 Å². The number of amides is 1. The molecule has 0 aromatic carbocycles. The molecule has 7 heteroatoms. The lowest BCUT2D eigenvalue weighted by Crippen LogP contribution is -2.53. The number of halogens is 1. The average Bonchev–Trinajstić information content (AvgIpc) is 3.24. The zero-order valence-electron chi connectivity index (χ0n) is 13.0. The van der Waals surface area contributed by atoms with E-state index < -0.39 is 0 Å². The summed E-state index contributed by atoms with van der Waals surface area (Å²) in [5.74, 6) is 0.324. The van der Waals surface area contributed by atoms with E-state index >= 15 is 0 Å². The van der Waals surface area contributed by atoms with Crippen molar-refractivity contribution in [3.63, 3.8) is 0 Å². The van der Waals surface area contributed by atoms with Crippen molar-refractivity contribution in [3.05, 3.63) is 23.0 Å². The Morgan fingerprint density at radius 2 is 2.18 bits per heavy atom. The van der Waals surface area contributed by atoms with Gasteiger partial charge in [0.15, 0.2) is 0 Å². The predicted octanol–water partition coefficient (Wildman–Crippen LogP) is 2.12. The third-order valence-corrected chi connectivity index (χ3v) is 4.29. The first-order valence-corrected chi connectivity index (χ1v) is 7.21. The van der Waals surface area contributed by atoms with E-state index in [4.69, 9.17) is 10.3 Å². The van der Waals surface area contributed by atoms with Gasteiger partial charge in [0.25, 0.3) is 11.6 Å². The van der Waals surface area contributed by atoms with Gasteiger partial charge < -0.3 is 15.6 Å². The third kappa shape index (κ3) is 2.80. The number of fused-ring (bicyclic) bond motifs is 1. The number of rotatable bonds is 4. The molecule has 0 radical (unpaired) electrons. The highest BCUT2D eigenvalue weighted by molar-refractivity contribution is 6.06. The monoisotopic (exact) mass is 324 g/mol. The van der Waals surface area contributed by atoms with Crippen molar-refractivity contribution in [2.24, 2.45) is 11.7 Å². The quantitative estimate of drug-likeness (QED) is 0.898. The van der Waals surface area contributed by atoms with Crippen LogP contribution in [0.5, 0.6) is 0 Å². The number of aryl methyl sites for hydroxylation is 2. The first-order chi connectivity index (χ1) is 9.94. The molecule has 1 atom stereocenters. The maximum Gasteiger partial charge on any atom is 0.258 e. The first-order valence-electron chi connectivity index (χ1n) is 7.21. The van der Waals surface area contributed by atoms with Gasteiger partial charge in [-0.2, -0.15) is 0 Å². The second-order valence-corrected chi connectivity index (χ2v) is 6.11. The lowest BCUT2D eigenvalue weighted by atomic mass is 9.95. The molecule has 0 aliphatic heterocycles. The van der Waals surface area contributed by atoms with Crippen molar-refractivity contribution >= 4 is 29.4 Å².